The summed E-state index contributed by atoms with van der Waals surface area (Å²) in [5, 5.41) is 0. The number of amides is 1. The predicted octanol–water partition coefficient (Wildman–Crippen LogP) is 2.24. The van der Waals surface area contributed by atoms with Gasteiger partial charge in [0, 0.05) is 70.0 Å². The van der Waals surface area contributed by atoms with Crippen LogP contribution in [0.1, 0.15) is 28.9 Å². The highest BCUT2D eigenvalue weighted by Crippen LogP contribution is 2.18. The molecule has 2 aliphatic rings. The van der Waals surface area contributed by atoms with Crippen LogP contribution in [0, 0.1) is 5.92 Å². The average Bonchev–Trinajstić information content (AvgIpc) is 2.79. The third-order valence-corrected chi connectivity index (χ3v) is 5.56. The van der Waals surface area contributed by atoms with Crippen molar-refractivity contribution >= 4 is 5.91 Å². The summed E-state index contributed by atoms with van der Waals surface area (Å²) in [6.07, 6.45) is 5.51. The van der Waals surface area contributed by atoms with Gasteiger partial charge < -0.3 is 14.4 Å². The van der Waals surface area contributed by atoms with Gasteiger partial charge in [-0.1, -0.05) is 6.07 Å². The van der Waals surface area contributed by atoms with E-state index >= 15 is 0 Å². The maximum Gasteiger partial charge on any atom is 0.254 e. The minimum Gasteiger partial charge on any atom is -0.477 e. The normalized spacial score (nSPS) is 18.6. The minimum atomic E-state index is 0.0424. The summed E-state index contributed by atoms with van der Waals surface area (Å²) in [6, 6.07) is 9.51. The molecule has 0 N–H and O–H groups in total. The Balaban J connectivity index is 1.28. The van der Waals surface area contributed by atoms with Crippen molar-refractivity contribution < 1.29 is 14.3 Å². The molecule has 0 radical (unpaired) electrons. The van der Waals surface area contributed by atoms with Crippen molar-refractivity contribution in [2.24, 2.45) is 5.92 Å². The van der Waals surface area contributed by atoms with Crippen LogP contribution in [-0.4, -0.2) is 71.7 Å². The van der Waals surface area contributed by atoms with E-state index in [0.29, 0.717) is 37.1 Å². The quantitative estimate of drug-likeness (QED) is 0.746. The second-order valence-electron chi connectivity index (χ2n) is 7.64. The number of rotatable bonds is 6. The van der Waals surface area contributed by atoms with Gasteiger partial charge in [0.25, 0.3) is 5.91 Å². The first-order valence-electron chi connectivity index (χ1n) is 10.4. The van der Waals surface area contributed by atoms with Crippen molar-refractivity contribution in [1.82, 2.24) is 19.8 Å². The SMILES string of the molecule is O=C(c1ccnc(OCC2CCOCC2)c1)N1CCN(Cc2ccccn2)CC1. The Morgan fingerprint density at radius 2 is 1.90 bits per heavy atom. The molecular weight excluding hydrogens is 368 g/mol. The number of pyridine rings is 2. The molecule has 2 aromatic rings. The molecule has 2 aliphatic heterocycles. The Bertz CT molecular complexity index is 788. The van der Waals surface area contributed by atoms with Gasteiger partial charge in [-0.25, -0.2) is 4.98 Å². The van der Waals surface area contributed by atoms with Crippen LogP contribution in [0.15, 0.2) is 42.7 Å². The third-order valence-electron chi connectivity index (χ3n) is 5.56. The molecule has 0 aliphatic carbocycles. The Kier molecular flexibility index (Phi) is 6.69. The summed E-state index contributed by atoms with van der Waals surface area (Å²) in [5.41, 5.74) is 1.70. The highest BCUT2D eigenvalue weighted by atomic mass is 16.5. The lowest BCUT2D eigenvalue weighted by atomic mass is 10.0. The molecule has 0 aromatic carbocycles. The fraction of sp³-hybridized carbons (Fsp3) is 0.500. The Morgan fingerprint density at radius 1 is 1.07 bits per heavy atom. The van der Waals surface area contributed by atoms with Gasteiger partial charge in [0.1, 0.15) is 0 Å². The van der Waals surface area contributed by atoms with E-state index in [1.165, 1.54) is 0 Å². The number of carbonyl (C=O) groups excluding carboxylic acids is 1. The zero-order valence-corrected chi connectivity index (χ0v) is 16.7. The molecule has 7 nitrogen and oxygen atoms in total. The van der Waals surface area contributed by atoms with Crippen LogP contribution < -0.4 is 4.74 Å². The van der Waals surface area contributed by atoms with Gasteiger partial charge >= 0.3 is 0 Å². The summed E-state index contributed by atoms with van der Waals surface area (Å²) < 4.78 is 11.2. The summed E-state index contributed by atoms with van der Waals surface area (Å²) in [5.74, 6) is 1.06. The lowest BCUT2D eigenvalue weighted by molar-refractivity contribution is 0.0490. The van der Waals surface area contributed by atoms with Crippen molar-refractivity contribution in [3.8, 4) is 5.88 Å². The van der Waals surface area contributed by atoms with Gasteiger partial charge in [0.2, 0.25) is 5.88 Å². The van der Waals surface area contributed by atoms with Crippen LogP contribution in [0.3, 0.4) is 0 Å². The molecule has 0 bridgehead atoms. The fourth-order valence-electron chi connectivity index (χ4n) is 3.75. The van der Waals surface area contributed by atoms with Crippen molar-refractivity contribution in [2.45, 2.75) is 19.4 Å². The molecule has 0 atom stereocenters. The fourth-order valence-corrected chi connectivity index (χ4v) is 3.75. The molecule has 154 valence electrons. The van der Waals surface area contributed by atoms with Crippen molar-refractivity contribution in [3.63, 3.8) is 0 Å². The van der Waals surface area contributed by atoms with E-state index in [0.717, 1.165) is 51.4 Å². The molecule has 7 heteroatoms. The molecule has 4 rings (SSSR count). The van der Waals surface area contributed by atoms with Crippen molar-refractivity contribution in [3.05, 3.63) is 54.0 Å². The van der Waals surface area contributed by atoms with Crippen LogP contribution in [-0.2, 0) is 11.3 Å². The second-order valence-corrected chi connectivity index (χ2v) is 7.64. The molecule has 29 heavy (non-hydrogen) atoms. The monoisotopic (exact) mass is 396 g/mol. The standard InChI is InChI=1S/C22H28N4O3/c27-22(26-11-9-25(10-12-26)16-20-3-1-2-7-23-20)19-4-8-24-21(15-19)29-17-18-5-13-28-14-6-18/h1-4,7-8,15,18H,5-6,9-14,16-17H2. The van der Waals surface area contributed by atoms with E-state index in [1.807, 2.05) is 29.3 Å². The van der Waals surface area contributed by atoms with Crippen molar-refractivity contribution in [2.75, 3.05) is 46.0 Å². The van der Waals surface area contributed by atoms with Gasteiger partial charge in [-0.05, 0) is 37.0 Å². The van der Waals surface area contributed by atoms with Gasteiger partial charge in [-0.2, -0.15) is 0 Å². The number of carbonyl (C=O) groups is 1. The van der Waals surface area contributed by atoms with Crippen LogP contribution in [0.5, 0.6) is 5.88 Å². The zero-order valence-electron chi connectivity index (χ0n) is 16.7. The molecule has 1 amide bonds. The highest BCUT2D eigenvalue weighted by Gasteiger charge is 2.23. The molecule has 0 unspecified atom stereocenters. The summed E-state index contributed by atoms with van der Waals surface area (Å²) in [7, 11) is 0. The summed E-state index contributed by atoms with van der Waals surface area (Å²) in [4.78, 5) is 25.8. The number of piperazine rings is 1. The van der Waals surface area contributed by atoms with Gasteiger partial charge in [0.05, 0.1) is 12.3 Å². The minimum absolute atomic E-state index is 0.0424. The lowest BCUT2D eigenvalue weighted by Gasteiger charge is -2.34. The Labute approximate surface area is 171 Å². The first kappa shape index (κ1) is 19.8. The molecule has 2 fully saturated rings. The van der Waals surface area contributed by atoms with Crippen LogP contribution in [0.25, 0.3) is 0 Å². The second kappa shape index (κ2) is 9.80. The number of hydrogen-bond acceptors (Lipinski definition) is 6. The Morgan fingerprint density at radius 3 is 2.66 bits per heavy atom. The van der Waals surface area contributed by atoms with Crippen LogP contribution >= 0.6 is 0 Å². The predicted molar refractivity (Wildman–Crippen MR) is 109 cm³/mol. The first-order valence-corrected chi connectivity index (χ1v) is 10.4. The van der Waals surface area contributed by atoms with Crippen LogP contribution in [0.2, 0.25) is 0 Å². The number of aromatic nitrogens is 2. The van der Waals surface area contributed by atoms with Gasteiger partial charge in [0.15, 0.2) is 0 Å². The molecule has 0 saturated carbocycles. The van der Waals surface area contributed by atoms with E-state index in [4.69, 9.17) is 9.47 Å². The molecule has 0 spiro atoms. The zero-order chi connectivity index (χ0) is 19.9. The van der Waals surface area contributed by atoms with Gasteiger partial charge in [-0.15, -0.1) is 0 Å². The molecular formula is C22H28N4O3. The summed E-state index contributed by atoms with van der Waals surface area (Å²) >= 11 is 0. The molecule has 2 saturated heterocycles. The van der Waals surface area contributed by atoms with E-state index in [-0.39, 0.29) is 5.91 Å². The number of hydrogen-bond donors (Lipinski definition) is 0. The molecule has 4 heterocycles. The third kappa shape index (κ3) is 5.52. The Hall–Kier alpha value is -2.51. The number of ether oxygens (including phenoxy) is 2. The first-order chi connectivity index (χ1) is 14.3. The van der Waals surface area contributed by atoms with E-state index in [2.05, 4.69) is 14.9 Å². The average molecular weight is 396 g/mol. The maximum atomic E-state index is 12.9. The highest BCUT2D eigenvalue weighted by molar-refractivity contribution is 5.94. The van der Waals surface area contributed by atoms with E-state index in [1.54, 1.807) is 18.3 Å². The smallest absolute Gasteiger partial charge is 0.254 e. The lowest BCUT2D eigenvalue weighted by Crippen LogP contribution is -2.48. The largest absolute Gasteiger partial charge is 0.477 e. The van der Waals surface area contributed by atoms with E-state index < -0.39 is 0 Å². The van der Waals surface area contributed by atoms with E-state index in [9.17, 15) is 4.79 Å². The maximum absolute atomic E-state index is 12.9. The summed E-state index contributed by atoms with van der Waals surface area (Å²) in [6.45, 7) is 6.17. The number of nitrogens with zero attached hydrogens (tertiary/aromatic N) is 4. The van der Waals surface area contributed by atoms with Crippen LogP contribution in [0.4, 0.5) is 0 Å². The van der Waals surface area contributed by atoms with Gasteiger partial charge in [-0.3, -0.25) is 14.7 Å². The molecule has 2 aromatic heterocycles. The topological polar surface area (TPSA) is 67.8 Å². The van der Waals surface area contributed by atoms with Crippen molar-refractivity contribution in [1.29, 1.82) is 0 Å².